The predicted molar refractivity (Wildman–Crippen MR) is 139 cm³/mol. The standard InChI is InChI=1S/C21H29S2.C4HF9O3S/c1-2-3-4-5-6-13-22-20-11-9-19-17-21(12-10-18(19)16-20)23-14-7-8-15-23;5-1(6,3(9,10)11)2(7,8)4(12,13)17(14,15)16/h9-12,16-17H,2-8,13-15H2,1H3;(H,14,15,16)/q+1;/p-1. The fraction of sp³-hybridized carbons (Fsp3) is 0.600. The number of alkyl halides is 9. The average molecular weight is 645 g/mol. The van der Waals surface area contributed by atoms with Crippen LogP contribution in [0.1, 0.15) is 51.9 Å². The van der Waals surface area contributed by atoms with E-state index in [4.69, 9.17) is 0 Å². The van der Waals surface area contributed by atoms with E-state index in [1.165, 1.54) is 77.9 Å². The fourth-order valence-electron chi connectivity index (χ4n) is 3.78. The van der Waals surface area contributed by atoms with Crippen LogP contribution < -0.4 is 0 Å². The van der Waals surface area contributed by atoms with Crippen molar-refractivity contribution < 1.29 is 52.5 Å². The van der Waals surface area contributed by atoms with Crippen LogP contribution in [0.2, 0.25) is 0 Å². The Bertz CT molecular complexity index is 1210. The van der Waals surface area contributed by atoms with Gasteiger partial charge in [-0.2, -0.15) is 39.5 Å². The second kappa shape index (κ2) is 13.8. The zero-order valence-corrected chi connectivity index (χ0v) is 23.8. The molecule has 1 aliphatic heterocycles. The quantitative estimate of drug-likeness (QED) is 0.0808. The van der Waals surface area contributed by atoms with Crippen molar-refractivity contribution in [2.75, 3.05) is 17.3 Å². The summed E-state index contributed by atoms with van der Waals surface area (Å²) in [5.41, 5.74) is 0. The van der Waals surface area contributed by atoms with E-state index in [2.05, 4.69) is 43.3 Å². The first-order valence-corrected chi connectivity index (χ1v) is 16.3. The van der Waals surface area contributed by atoms with Crippen molar-refractivity contribution in [1.29, 1.82) is 0 Å². The molecule has 1 aliphatic rings. The van der Waals surface area contributed by atoms with Crippen molar-refractivity contribution in [1.82, 2.24) is 0 Å². The van der Waals surface area contributed by atoms with E-state index in [0.717, 1.165) is 0 Å². The van der Waals surface area contributed by atoms with E-state index in [9.17, 15) is 52.5 Å². The van der Waals surface area contributed by atoms with Gasteiger partial charge in [0.15, 0.2) is 15.0 Å². The van der Waals surface area contributed by atoms with Gasteiger partial charge in [-0.3, -0.25) is 0 Å². The van der Waals surface area contributed by atoms with Gasteiger partial charge in [-0.25, -0.2) is 8.42 Å². The monoisotopic (exact) mass is 644 g/mol. The molecular weight excluding hydrogens is 615 g/mol. The molecule has 40 heavy (non-hydrogen) atoms. The summed E-state index contributed by atoms with van der Waals surface area (Å²) < 4.78 is 135. The molecule has 0 aliphatic carbocycles. The van der Waals surface area contributed by atoms with E-state index in [1.807, 2.05) is 11.8 Å². The first-order chi connectivity index (χ1) is 18.4. The Labute approximate surface area is 234 Å². The number of benzene rings is 2. The molecule has 0 atom stereocenters. The highest BCUT2D eigenvalue weighted by Crippen LogP contribution is 2.54. The molecule has 1 saturated heterocycles. The third-order valence-electron chi connectivity index (χ3n) is 6.09. The van der Waals surface area contributed by atoms with E-state index in [1.54, 1.807) is 4.90 Å². The Morgan fingerprint density at radius 2 is 1.35 bits per heavy atom. The Kier molecular flexibility index (Phi) is 12.0. The smallest absolute Gasteiger partial charge is 0.460 e. The van der Waals surface area contributed by atoms with Gasteiger partial charge in [0, 0.05) is 21.9 Å². The number of hydrogen-bond acceptors (Lipinski definition) is 4. The predicted octanol–water partition coefficient (Wildman–Crippen LogP) is 8.63. The lowest BCUT2D eigenvalue weighted by atomic mass is 10.1. The number of fused-ring (bicyclic) bond motifs is 1. The van der Waals surface area contributed by atoms with E-state index in [0.29, 0.717) is 10.9 Å². The minimum Gasteiger partial charge on any atom is -0.743 e. The lowest BCUT2D eigenvalue weighted by Crippen LogP contribution is -2.63. The molecule has 0 N–H and O–H groups in total. The molecule has 2 aromatic carbocycles. The number of thioether (sulfide) groups is 1. The highest BCUT2D eigenvalue weighted by atomic mass is 32.2. The summed E-state index contributed by atoms with van der Waals surface area (Å²) in [5, 5.41) is -4.28. The van der Waals surface area contributed by atoms with Crippen molar-refractivity contribution >= 4 is 43.5 Å². The summed E-state index contributed by atoms with van der Waals surface area (Å²) in [5.74, 6) is -10.7. The first-order valence-electron chi connectivity index (χ1n) is 12.4. The van der Waals surface area contributed by atoms with Crippen molar-refractivity contribution in [2.24, 2.45) is 0 Å². The average Bonchev–Trinajstić information content (AvgIpc) is 3.40. The first kappa shape index (κ1) is 34.9. The van der Waals surface area contributed by atoms with Gasteiger partial charge in [0.25, 0.3) is 0 Å². The normalized spacial score (nSPS) is 15.8. The minimum absolute atomic E-state index is 0.534. The number of halogens is 9. The van der Waals surface area contributed by atoms with Gasteiger partial charge in [-0.1, -0.05) is 38.7 Å². The number of unbranched alkanes of at least 4 members (excludes halogenated alkanes) is 4. The SMILES string of the molecule is CCCCCCCSc1ccc2cc([S+]3CCCC3)ccc2c1.O=S(=O)([O-])C(F)(F)C(F)(F)C(F)(F)C(F)(F)F. The Morgan fingerprint density at radius 1 is 0.800 bits per heavy atom. The molecule has 15 heteroatoms. The van der Waals surface area contributed by atoms with Gasteiger partial charge in [0.05, 0.1) is 0 Å². The van der Waals surface area contributed by atoms with Gasteiger partial charge in [0.2, 0.25) is 0 Å². The maximum atomic E-state index is 12.2. The lowest BCUT2D eigenvalue weighted by Gasteiger charge is -2.34. The topological polar surface area (TPSA) is 57.2 Å². The van der Waals surface area contributed by atoms with Crippen LogP contribution in [0, 0.1) is 0 Å². The summed E-state index contributed by atoms with van der Waals surface area (Å²) >= 11 is 2.02. The second-order valence-corrected chi connectivity index (χ2v) is 14.0. The van der Waals surface area contributed by atoms with Gasteiger partial charge in [0.1, 0.15) is 11.5 Å². The number of hydrogen-bond donors (Lipinski definition) is 0. The van der Waals surface area contributed by atoms with Crippen molar-refractivity contribution in [3.8, 4) is 0 Å². The third kappa shape index (κ3) is 8.15. The van der Waals surface area contributed by atoms with Gasteiger partial charge in [-0.05, 0) is 60.1 Å². The van der Waals surface area contributed by atoms with Crippen LogP contribution in [-0.2, 0) is 21.0 Å². The fourth-order valence-corrected chi connectivity index (χ4v) is 7.51. The molecule has 1 heterocycles. The molecule has 0 bridgehead atoms. The van der Waals surface area contributed by atoms with Crippen LogP contribution in [0.4, 0.5) is 39.5 Å². The summed E-state index contributed by atoms with van der Waals surface area (Å²) in [4.78, 5) is 3.02. The van der Waals surface area contributed by atoms with E-state index >= 15 is 0 Å². The van der Waals surface area contributed by atoms with Crippen LogP contribution in [0.15, 0.2) is 46.2 Å². The Hall–Kier alpha value is -1.32. The minimum atomic E-state index is -7.43. The van der Waals surface area contributed by atoms with Crippen LogP contribution >= 0.6 is 11.8 Å². The summed E-state index contributed by atoms with van der Waals surface area (Å²) in [7, 11) is -6.88. The molecule has 228 valence electrons. The van der Waals surface area contributed by atoms with E-state index in [-0.39, 0.29) is 0 Å². The second-order valence-electron chi connectivity index (χ2n) is 9.16. The molecule has 0 saturated carbocycles. The molecule has 0 unspecified atom stereocenters. The maximum absolute atomic E-state index is 12.2. The zero-order valence-electron chi connectivity index (χ0n) is 21.4. The Morgan fingerprint density at radius 3 is 1.90 bits per heavy atom. The summed E-state index contributed by atoms with van der Waals surface area (Å²) in [6.45, 7) is 2.28. The molecule has 0 spiro atoms. The van der Waals surface area contributed by atoms with Gasteiger partial charge in [-0.15, -0.1) is 11.8 Å². The molecular formula is C25H29F9O3S3. The van der Waals surface area contributed by atoms with Crippen molar-refractivity contribution in [2.45, 2.75) is 84.9 Å². The molecule has 0 radical (unpaired) electrons. The van der Waals surface area contributed by atoms with Crippen LogP contribution in [-0.4, -0.2) is 53.5 Å². The highest BCUT2D eigenvalue weighted by molar-refractivity contribution is 7.99. The lowest BCUT2D eigenvalue weighted by molar-refractivity contribution is -0.382. The van der Waals surface area contributed by atoms with Crippen LogP contribution in [0.25, 0.3) is 10.8 Å². The molecule has 1 fully saturated rings. The molecule has 0 amide bonds. The van der Waals surface area contributed by atoms with Gasteiger partial charge >= 0.3 is 23.3 Å². The zero-order chi connectivity index (χ0) is 30.4. The van der Waals surface area contributed by atoms with Crippen LogP contribution in [0.5, 0.6) is 0 Å². The van der Waals surface area contributed by atoms with Crippen molar-refractivity contribution in [3.05, 3.63) is 36.4 Å². The number of rotatable bonds is 11. The van der Waals surface area contributed by atoms with Crippen LogP contribution in [0.3, 0.4) is 0 Å². The Balaban J connectivity index is 0.000000296. The molecule has 0 aromatic heterocycles. The van der Waals surface area contributed by atoms with Crippen molar-refractivity contribution in [3.63, 3.8) is 0 Å². The summed E-state index contributed by atoms with van der Waals surface area (Å²) in [6, 6.07) is 14.2. The molecule has 2 aromatic rings. The largest absolute Gasteiger partial charge is 0.743 e. The van der Waals surface area contributed by atoms with E-state index < -0.39 is 33.4 Å². The third-order valence-corrected chi connectivity index (χ3v) is 10.5. The maximum Gasteiger partial charge on any atom is 0.460 e. The summed E-state index contributed by atoms with van der Waals surface area (Å²) in [6.07, 6.45) is 2.56. The van der Waals surface area contributed by atoms with Gasteiger partial charge < -0.3 is 4.55 Å². The highest BCUT2D eigenvalue weighted by Gasteiger charge is 2.83. The molecule has 3 rings (SSSR count). The molecule has 3 nitrogen and oxygen atoms in total.